The molecule has 2 N–H and O–H groups in total. The molecule has 2 aliphatic rings. The minimum atomic E-state index is -0.863. The van der Waals surface area contributed by atoms with E-state index >= 15 is 0 Å². The van der Waals surface area contributed by atoms with Crippen LogP contribution in [0.15, 0.2) is 59.9 Å². The van der Waals surface area contributed by atoms with Crippen LogP contribution in [0.5, 0.6) is 17.2 Å². The Balaban J connectivity index is 1.82. The maximum atomic E-state index is 13.8. The number of Topliss-reactive ketones (excluding diaryl/α,β-unsaturated/α-hetero) is 1. The van der Waals surface area contributed by atoms with Crippen molar-refractivity contribution in [1.29, 1.82) is 0 Å². The number of rotatable bonds is 7. The quantitative estimate of drug-likeness (QED) is 0.453. The van der Waals surface area contributed by atoms with Gasteiger partial charge in [-0.15, -0.1) is 0 Å². The lowest BCUT2D eigenvalue weighted by Gasteiger charge is -2.40. The Morgan fingerprint density at radius 1 is 1.19 bits per heavy atom. The van der Waals surface area contributed by atoms with Crippen LogP contribution in [0.2, 0.25) is 5.02 Å². The zero-order chi connectivity index (χ0) is 26.9. The Labute approximate surface area is 222 Å². The summed E-state index contributed by atoms with van der Waals surface area (Å²) in [5.41, 5.74) is 3.27. The summed E-state index contributed by atoms with van der Waals surface area (Å²) in [6.45, 7) is 9.79. The second kappa shape index (κ2) is 10.9. The molecule has 0 fully saturated rings. The van der Waals surface area contributed by atoms with Crippen molar-refractivity contribution in [1.82, 2.24) is 5.32 Å². The minimum Gasteiger partial charge on any atom is -0.503 e. The molecular weight excluding hydrogens is 494 g/mol. The molecule has 0 spiro atoms. The van der Waals surface area contributed by atoms with Crippen molar-refractivity contribution in [2.75, 3.05) is 13.7 Å². The summed E-state index contributed by atoms with van der Waals surface area (Å²) < 4.78 is 16.4. The lowest BCUT2D eigenvalue weighted by atomic mass is 9.69. The molecule has 0 aromatic heterocycles. The predicted octanol–water partition coefficient (Wildman–Crippen LogP) is 5.62. The second-order valence-corrected chi connectivity index (χ2v) is 9.97. The van der Waals surface area contributed by atoms with Gasteiger partial charge in [0, 0.05) is 29.3 Å². The molecule has 1 heterocycles. The van der Waals surface area contributed by atoms with Gasteiger partial charge in [-0.25, -0.2) is 0 Å². The Morgan fingerprint density at radius 2 is 1.89 bits per heavy atom. The van der Waals surface area contributed by atoms with Crippen molar-refractivity contribution >= 4 is 23.4 Å². The number of aromatic hydroxyl groups is 1. The van der Waals surface area contributed by atoms with E-state index in [4.69, 9.17) is 25.8 Å². The summed E-state index contributed by atoms with van der Waals surface area (Å²) in [4.78, 5) is 27.1. The van der Waals surface area contributed by atoms with Gasteiger partial charge in [0.05, 0.1) is 24.8 Å². The number of carbonyl (C=O) groups is 2. The molecule has 0 radical (unpaired) electrons. The number of halogens is 1. The van der Waals surface area contributed by atoms with Gasteiger partial charge in [0.15, 0.2) is 17.3 Å². The number of benzene rings is 2. The zero-order valence-corrected chi connectivity index (χ0v) is 22.2. The molecule has 0 saturated carbocycles. The molecule has 0 amide bonds. The molecule has 37 heavy (non-hydrogen) atoms. The maximum absolute atomic E-state index is 13.8. The van der Waals surface area contributed by atoms with Crippen LogP contribution in [-0.4, -0.2) is 36.7 Å². The average Bonchev–Trinajstić information content (AvgIpc) is 2.85. The highest BCUT2D eigenvalue weighted by molar-refractivity contribution is 6.32. The number of hydrogen-bond acceptors (Lipinski definition) is 7. The van der Waals surface area contributed by atoms with E-state index in [9.17, 15) is 14.7 Å². The van der Waals surface area contributed by atoms with E-state index in [-0.39, 0.29) is 40.7 Å². The Kier molecular flexibility index (Phi) is 7.83. The number of ketones is 1. The van der Waals surface area contributed by atoms with Crippen molar-refractivity contribution in [3.05, 3.63) is 76.1 Å². The van der Waals surface area contributed by atoms with E-state index in [0.717, 1.165) is 17.0 Å². The van der Waals surface area contributed by atoms with Crippen LogP contribution in [0.1, 0.15) is 56.6 Å². The summed E-state index contributed by atoms with van der Waals surface area (Å²) in [7, 11) is 1.61. The van der Waals surface area contributed by atoms with Crippen molar-refractivity contribution in [2.45, 2.75) is 51.6 Å². The third kappa shape index (κ3) is 5.32. The number of carbonyl (C=O) groups excluding carboxylic acids is 2. The number of nitrogens with one attached hydrogen (secondary N) is 1. The zero-order valence-electron chi connectivity index (χ0n) is 21.5. The number of allylic oxidation sites excluding steroid dienone is 2. The lowest BCUT2D eigenvalue weighted by Crippen LogP contribution is -2.42. The fraction of sp³-hybridized carbons (Fsp3) is 0.379. The van der Waals surface area contributed by atoms with Crippen molar-refractivity contribution in [2.24, 2.45) is 5.92 Å². The summed E-state index contributed by atoms with van der Waals surface area (Å²) >= 11 is 6.37. The molecule has 8 heteroatoms. The molecule has 2 aromatic carbocycles. The van der Waals surface area contributed by atoms with Crippen molar-refractivity contribution < 1.29 is 28.9 Å². The normalized spacial score (nSPS) is 21.4. The number of hydrogen-bond donors (Lipinski definition) is 2. The Hall–Kier alpha value is -3.45. The van der Waals surface area contributed by atoms with Gasteiger partial charge in [-0.3, -0.25) is 9.59 Å². The van der Waals surface area contributed by atoms with Crippen LogP contribution in [0.25, 0.3) is 0 Å². The first-order valence-electron chi connectivity index (χ1n) is 12.4. The molecule has 0 bridgehead atoms. The summed E-state index contributed by atoms with van der Waals surface area (Å²) in [5, 5.41) is 13.8. The van der Waals surface area contributed by atoms with Crippen molar-refractivity contribution in [3.63, 3.8) is 0 Å². The molecule has 1 aliphatic heterocycles. The molecule has 3 unspecified atom stereocenters. The molecule has 7 nitrogen and oxygen atoms in total. The van der Waals surface area contributed by atoms with E-state index in [1.54, 1.807) is 40.0 Å². The molecule has 4 rings (SSSR count). The SMILES string of the molecule is C=C1NC2=C(C(=O)CC(c3ccc(OC)cc3)C2)C(c2cc(Cl)c(O)c(OCC)c2)C1C(=O)OC(C)C. The minimum absolute atomic E-state index is 0.0420. The van der Waals surface area contributed by atoms with Crippen LogP contribution in [0, 0.1) is 5.92 Å². The van der Waals surface area contributed by atoms with Gasteiger partial charge >= 0.3 is 5.97 Å². The van der Waals surface area contributed by atoms with Crippen LogP contribution in [-0.2, 0) is 14.3 Å². The highest BCUT2D eigenvalue weighted by Crippen LogP contribution is 2.49. The first-order valence-corrected chi connectivity index (χ1v) is 12.7. The van der Waals surface area contributed by atoms with E-state index < -0.39 is 17.8 Å². The fourth-order valence-corrected chi connectivity index (χ4v) is 5.36. The summed E-state index contributed by atoms with van der Waals surface area (Å²) in [5.74, 6) is -1.42. The van der Waals surface area contributed by atoms with Gasteiger partial charge in [0.1, 0.15) is 11.7 Å². The number of phenolic OH excluding ortho intramolecular Hbond substituents is 1. The second-order valence-electron chi connectivity index (χ2n) is 9.57. The lowest BCUT2D eigenvalue weighted by molar-refractivity contribution is -0.151. The molecular formula is C29H32ClNO6. The molecule has 3 atom stereocenters. The van der Waals surface area contributed by atoms with Crippen molar-refractivity contribution in [3.8, 4) is 17.2 Å². The van der Waals surface area contributed by atoms with Gasteiger partial charge in [0.25, 0.3) is 0 Å². The van der Waals surface area contributed by atoms with E-state index in [2.05, 4.69) is 11.9 Å². The maximum Gasteiger partial charge on any atom is 0.316 e. The first-order chi connectivity index (χ1) is 17.6. The summed E-state index contributed by atoms with van der Waals surface area (Å²) in [6.07, 6.45) is 0.505. The van der Waals surface area contributed by atoms with Crippen LogP contribution in [0.4, 0.5) is 0 Å². The van der Waals surface area contributed by atoms with E-state index in [1.165, 1.54) is 0 Å². The van der Waals surface area contributed by atoms with Gasteiger partial charge in [-0.1, -0.05) is 30.3 Å². The van der Waals surface area contributed by atoms with Crippen LogP contribution in [0.3, 0.4) is 0 Å². The smallest absolute Gasteiger partial charge is 0.316 e. The fourth-order valence-electron chi connectivity index (χ4n) is 5.14. The van der Waals surface area contributed by atoms with Gasteiger partial charge in [-0.2, -0.15) is 0 Å². The van der Waals surface area contributed by atoms with Gasteiger partial charge in [0.2, 0.25) is 0 Å². The van der Waals surface area contributed by atoms with Gasteiger partial charge in [-0.05, 0) is 68.5 Å². The standard InChI is InChI=1S/C29H32ClNO6/c1-6-36-24-14-19(11-21(30)28(24)33)26-25(29(34)37-15(2)3)16(4)31-22-12-18(13-23(32)27(22)26)17-7-9-20(35-5)10-8-17/h7-11,14-15,18,25-26,31,33H,4,6,12-13H2,1-3,5H3. The van der Waals surface area contributed by atoms with E-state index in [0.29, 0.717) is 29.9 Å². The Morgan fingerprint density at radius 3 is 2.51 bits per heavy atom. The Bertz CT molecular complexity index is 1250. The molecule has 196 valence electrons. The summed E-state index contributed by atoms with van der Waals surface area (Å²) in [6, 6.07) is 10.9. The van der Waals surface area contributed by atoms with Crippen LogP contribution >= 0.6 is 11.6 Å². The van der Waals surface area contributed by atoms with Crippen LogP contribution < -0.4 is 14.8 Å². The molecule has 1 aliphatic carbocycles. The number of phenols is 1. The number of ether oxygens (including phenoxy) is 3. The molecule has 0 saturated heterocycles. The van der Waals surface area contributed by atoms with Gasteiger partial charge < -0.3 is 24.6 Å². The highest BCUT2D eigenvalue weighted by Gasteiger charge is 2.46. The highest BCUT2D eigenvalue weighted by atomic mass is 35.5. The monoisotopic (exact) mass is 525 g/mol. The first kappa shape index (κ1) is 26.6. The molecule has 2 aromatic rings. The average molecular weight is 526 g/mol. The number of methoxy groups -OCH3 is 1. The topological polar surface area (TPSA) is 94.1 Å². The largest absolute Gasteiger partial charge is 0.503 e. The number of esters is 1. The predicted molar refractivity (Wildman–Crippen MR) is 141 cm³/mol. The third-order valence-corrected chi connectivity index (χ3v) is 7.03. The van der Waals surface area contributed by atoms with E-state index in [1.807, 2.05) is 24.3 Å². The third-order valence-electron chi connectivity index (χ3n) is 6.74.